The molecule has 0 N–H and O–H groups in total. The summed E-state index contributed by atoms with van der Waals surface area (Å²) in [5.74, 6) is 0. The highest BCUT2D eigenvalue weighted by molar-refractivity contribution is 5.51. The number of hydrogen-bond acceptors (Lipinski definition) is 2. The lowest BCUT2D eigenvalue weighted by atomic mass is 10.1. The molecule has 0 heterocycles. The van der Waals surface area contributed by atoms with Crippen LogP contribution >= 0.6 is 0 Å². The first-order valence-electron chi connectivity index (χ1n) is 3.63. The minimum atomic E-state index is 1.04. The third-order valence-corrected chi connectivity index (χ3v) is 1.44. The molecular weight excluding hydrogens is 150 g/mol. The third kappa shape index (κ3) is 2.52. The fourth-order valence-electron chi connectivity index (χ4n) is 0.928. The smallest absolute Gasteiger partial charge is 0.211 e. The van der Waals surface area contributed by atoms with E-state index in [1.807, 2.05) is 31.2 Å². The van der Waals surface area contributed by atoms with E-state index in [0.29, 0.717) is 0 Å². The number of aliphatic imine (C=N–C) groups is 1. The van der Waals surface area contributed by atoms with E-state index in [1.54, 1.807) is 6.08 Å². The molecule has 0 aliphatic carbocycles. The van der Waals surface area contributed by atoms with Gasteiger partial charge in [0.15, 0.2) is 0 Å². The van der Waals surface area contributed by atoms with E-state index in [1.165, 1.54) is 17.8 Å². The van der Waals surface area contributed by atoms with Crippen LogP contribution in [0.1, 0.15) is 11.1 Å². The first-order valence-corrected chi connectivity index (χ1v) is 3.63. The van der Waals surface area contributed by atoms with Gasteiger partial charge in [0, 0.05) is 6.20 Å². The van der Waals surface area contributed by atoms with Gasteiger partial charge < -0.3 is 0 Å². The fraction of sp³-hybridized carbons (Fsp3) is 0.100. The summed E-state index contributed by atoms with van der Waals surface area (Å²) in [6.45, 7) is 2.01. The molecule has 60 valence electrons. The van der Waals surface area contributed by atoms with Crippen LogP contribution in [0.3, 0.4) is 0 Å². The molecule has 0 unspecified atom stereocenters. The zero-order valence-electron chi connectivity index (χ0n) is 6.82. The highest BCUT2D eigenvalue weighted by Gasteiger charge is 1.85. The maximum atomic E-state index is 9.72. The van der Waals surface area contributed by atoms with Gasteiger partial charge in [-0.2, -0.15) is 4.99 Å². The van der Waals surface area contributed by atoms with Gasteiger partial charge in [-0.1, -0.05) is 29.8 Å². The first-order chi connectivity index (χ1) is 5.83. The molecule has 12 heavy (non-hydrogen) atoms. The minimum absolute atomic E-state index is 1.04. The Hall–Kier alpha value is -1.66. The van der Waals surface area contributed by atoms with E-state index in [2.05, 4.69) is 4.99 Å². The molecule has 0 saturated carbocycles. The summed E-state index contributed by atoms with van der Waals surface area (Å²) in [5.41, 5.74) is 2.22. The van der Waals surface area contributed by atoms with Gasteiger partial charge >= 0.3 is 0 Å². The Morgan fingerprint density at radius 2 is 2.33 bits per heavy atom. The van der Waals surface area contributed by atoms with Crippen LogP contribution in [0.4, 0.5) is 0 Å². The molecule has 2 nitrogen and oxygen atoms in total. The van der Waals surface area contributed by atoms with E-state index >= 15 is 0 Å². The van der Waals surface area contributed by atoms with Crippen molar-refractivity contribution in [2.75, 3.05) is 0 Å². The van der Waals surface area contributed by atoms with Crippen molar-refractivity contribution in [3.05, 3.63) is 41.6 Å². The van der Waals surface area contributed by atoms with Crippen LogP contribution in [0.2, 0.25) is 0 Å². The average molecular weight is 159 g/mol. The standard InChI is InChI=1S/C10H9NO/c1-9-3-2-4-10(7-9)5-6-11-8-12/h2-7H,1H3/b6-5-. The van der Waals surface area contributed by atoms with E-state index in [-0.39, 0.29) is 0 Å². The number of benzene rings is 1. The molecule has 0 radical (unpaired) electrons. The van der Waals surface area contributed by atoms with Gasteiger partial charge in [0.25, 0.3) is 0 Å². The van der Waals surface area contributed by atoms with Crippen LogP contribution in [0.25, 0.3) is 6.08 Å². The molecule has 0 aliphatic rings. The van der Waals surface area contributed by atoms with Crippen molar-refractivity contribution in [3.63, 3.8) is 0 Å². The number of nitrogens with zero attached hydrogens (tertiary/aromatic N) is 1. The second-order valence-corrected chi connectivity index (χ2v) is 2.45. The minimum Gasteiger partial charge on any atom is -0.211 e. The van der Waals surface area contributed by atoms with Gasteiger partial charge in [-0.25, -0.2) is 4.79 Å². The Labute approximate surface area is 71.3 Å². The predicted octanol–water partition coefficient (Wildman–Crippen LogP) is 2.30. The Morgan fingerprint density at radius 1 is 1.50 bits per heavy atom. The summed E-state index contributed by atoms with van der Waals surface area (Å²) in [7, 11) is 0. The van der Waals surface area contributed by atoms with Crippen LogP contribution in [0.15, 0.2) is 35.5 Å². The normalized spacial score (nSPS) is 9.75. The molecule has 0 aromatic heterocycles. The lowest BCUT2D eigenvalue weighted by Crippen LogP contribution is -1.73. The maximum absolute atomic E-state index is 9.72. The SMILES string of the molecule is Cc1cccc(/C=C\N=C=O)c1. The van der Waals surface area contributed by atoms with Crippen LogP contribution in [0.5, 0.6) is 0 Å². The van der Waals surface area contributed by atoms with Crippen molar-refractivity contribution >= 4 is 12.2 Å². The maximum Gasteiger partial charge on any atom is 0.239 e. The monoisotopic (exact) mass is 159 g/mol. The fourth-order valence-corrected chi connectivity index (χ4v) is 0.928. The van der Waals surface area contributed by atoms with E-state index in [0.717, 1.165) is 5.56 Å². The average Bonchev–Trinajstić information content (AvgIpc) is 2.05. The molecule has 0 saturated heterocycles. The molecule has 0 bridgehead atoms. The number of carbonyl (C=O) groups excluding carboxylic acids is 1. The largest absolute Gasteiger partial charge is 0.239 e. The van der Waals surface area contributed by atoms with E-state index in [4.69, 9.17) is 0 Å². The topological polar surface area (TPSA) is 29.4 Å². The molecule has 0 amide bonds. The van der Waals surface area contributed by atoms with Gasteiger partial charge in [0.05, 0.1) is 0 Å². The molecule has 2 heteroatoms. The lowest BCUT2D eigenvalue weighted by molar-refractivity contribution is 0.565. The lowest BCUT2D eigenvalue weighted by Gasteiger charge is -1.93. The highest BCUT2D eigenvalue weighted by Crippen LogP contribution is 2.05. The molecular formula is C10H9NO. The highest BCUT2D eigenvalue weighted by atomic mass is 16.1. The van der Waals surface area contributed by atoms with Crippen molar-refractivity contribution in [1.82, 2.24) is 0 Å². The summed E-state index contributed by atoms with van der Waals surface area (Å²) in [5, 5.41) is 0. The summed E-state index contributed by atoms with van der Waals surface area (Å²) < 4.78 is 0. The number of isocyanates is 1. The summed E-state index contributed by atoms with van der Waals surface area (Å²) in [4.78, 5) is 13.0. The Morgan fingerprint density at radius 3 is 3.00 bits per heavy atom. The summed E-state index contributed by atoms with van der Waals surface area (Å²) in [6.07, 6.45) is 4.63. The molecule has 0 fully saturated rings. The zero-order valence-corrected chi connectivity index (χ0v) is 6.82. The Balaban J connectivity index is 2.82. The van der Waals surface area contributed by atoms with Crippen LogP contribution in [0, 0.1) is 6.92 Å². The van der Waals surface area contributed by atoms with Gasteiger partial charge in [-0.15, -0.1) is 0 Å². The molecule has 0 atom stereocenters. The Bertz CT molecular complexity index is 335. The number of hydrogen-bond donors (Lipinski definition) is 0. The molecule has 1 aromatic carbocycles. The second kappa shape index (κ2) is 4.27. The summed E-state index contributed by atoms with van der Waals surface area (Å²) in [6, 6.07) is 7.93. The van der Waals surface area contributed by atoms with Crippen LogP contribution < -0.4 is 0 Å². The first kappa shape index (κ1) is 8.44. The quantitative estimate of drug-likeness (QED) is 0.481. The van der Waals surface area contributed by atoms with Gasteiger partial charge in [0.2, 0.25) is 6.08 Å². The third-order valence-electron chi connectivity index (χ3n) is 1.44. The van der Waals surface area contributed by atoms with Gasteiger partial charge in [-0.3, -0.25) is 0 Å². The molecule has 0 aliphatic heterocycles. The molecule has 0 spiro atoms. The van der Waals surface area contributed by atoms with Gasteiger partial charge in [0.1, 0.15) is 0 Å². The second-order valence-electron chi connectivity index (χ2n) is 2.45. The van der Waals surface area contributed by atoms with Crippen molar-refractivity contribution in [2.45, 2.75) is 6.92 Å². The molecule has 1 aromatic rings. The van der Waals surface area contributed by atoms with Crippen molar-refractivity contribution in [1.29, 1.82) is 0 Å². The van der Waals surface area contributed by atoms with E-state index in [9.17, 15) is 4.79 Å². The number of aryl methyl sites for hydroxylation is 1. The van der Waals surface area contributed by atoms with Crippen molar-refractivity contribution in [3.8, 4) is 0 Å². The van der Waals surface area contributed by atoms with Gasteiger partial charge in [-0.05, 0) is 18.6 Å². The van der Waals surface area contributed by atoms with Crippen LogP contribution in [-0.2, 0) is 4.79 Å². The van der Waals surface area contributed by atoms with Crippen molar-refractivity contribution in [2.24, 2.45) is 4.99 Å². The molecule has 1 rings (SSSR count). The predicted molar refractivity (Wildman–Crippen MR) is 48.3 cm³/mol. The van der Waals surface area contributed by atoms with Crippen molar-refractivity contribution < 1.29 is 4.79 Å². The zero-order chi connectivity index (χ0) is 8.81. The Kier molecular flexibility index (Phi) is 3.00. The number of rotatable bonds is 2. The summed E-state index contributed by atoms with van der Waals surface area (Å²) >= 11 is 0. The van der Waals surface area contributed by atoms with Crippen LogP contribution in [-0.4, -0.2) is 6.08 Å². The van der Waals surface area contributed by atoms with E-state index < -0.39 is 0 Å².